The van der Waals surface area contributed by atoms with Crippen molar-refractivity contribution in [2.24, 2.45) is 0 Å². The van der Waals surface area contributed by atoms with Crippen LogP contribution in [0.3, 0.4) is 0 Å². The molecule has 1 aliphatic carbocycles. The maximum Gasteiger partial charge on any atom is 0.0547 e. The van der Waals surface area contributed by atoms with Crippen LogP contribution in [0.5, 0.6) is 0 Å². The van der Waals surface area contributed by atoms with Crippen LogP contribution in [0.2, 0.25) is 0 Å². The molecule has 0 fully saturated rings. The highest BCUT2D eigenvalue weighted by Crippen LogP contribution is 2.52. The van der Waals surface area contributed by atoms with E-state index >= 15 is 0 Å². The predicted octanol–water partition coefficient (Wildman–Crippen LogP) is 16.8. The Bertz CT molecular complexity index is 3460. The Morgan fingerprint density at radius 1 is 0.344 bits per heavy atom. The van der Waals surface area contributed by atoms with Crippen LogP contribution in [0.4, 0.5) is 34.1 Å². The Labute approximate surface area is 374 Å². The van der Waals surface area contributed by atoms with E-state index in [9.17, 15) is 0 Å². The molecule has 0 aliphatic heterocycles. The summed E-state index contributed by atoms with van der Waals surface area (Å²) in [6, 6.07) is 86.1. The Morgan fingerprint density at radius 2 is 0.812 bits per heavy atom. The lowest BCUT2D eigenvalue weighted by molar-refractivity contribution is 0.660. The lowest BCUT2D eigenvalue weighted by Gasteiger charge is -2.29. The summed E-state index contributed by atoms with van der Waals surface area (Å²) < 4.78 is 2.46. The number of para-hydroxylation sites is 3. The Morgan fingerprint density at radius 3 is 1.47 bits per heavy atom. The lowest BCUT2D eigenvalue weighted by atomic mass is 9.82. The van der Waals surface area contributed by atoms with Gasteiger partial charge in [-0.05, 0) is 141 Å². The van der Waals surface area contributed by atoms with Gasteiger partial charge in [0.25, 0.3) is 0 Å². The summed E-state index contributed by atoms with van der Waals surface area (Å²) in [7, 11) is 0. The van der Waals surface area contributed by atoms with Crippen molar-refractivity contribution in [2.45, 2.75) is 19.3 Å². The summed E-state index contributed by atoms with van der Waals surface area (Å²) >= 11 is 0. The number of hydrogen-bond donors (Lipinski definition) is 0. The zero-order valence-electron chi connectivity index (χ0n) is 35.9. The normalized spacial score (nSPS) is 12.7. The van der Waals surface area contributed by atoms with Crippen molar-refractivity contribution in [3.05, 3.63) is 248 Å². The monoisotopic (exact) mass is 819 g/mol. The smallest absolute Gasteiger partial charge is 0.0547 e. The van der Waals surface area contributed by atoms with Gasteiger partial charge in [-0.15, -0.1) is 0 Å². The van der Waals surface area contributed by atoms with E-state index in [2.05, 4.69) is 265 Å². The molecule has 11 aromatic rings. The molecule has 0 bridgehead atoms. The Balaban J connectivity index is 0.965. The summed E-state index contributed by atoms with van der Waals surface area (Å²) in [4.78, 5) is 4.72. The van der Waals surface area contributed by atoms with Crippen LogP contribution in [0.1, 0.15) is 25.0 Å². The van der Waals surface area contributed by atoms with Crippen molar-refractivity contribution in [1.82, 2.24) is 4.57 Å². The van der Waals surface area contributed by atoms with Gasteiger partial charge in [-0.3, -0.25) is 0 Å². The molecule has 3 heteroatoms. The molecule has 0 saturated heterocycles. The highest BCUT2D eigenvalue weighted by Gasteiger charge is 2.36. The molecular weight excluding hydrogens is 775 g/mol. The number of rotatable bonds is 8. The van der Waals surface area contributed by atoms with Crippen molar-refractivity contribution in [2.75, 3.05) is 9.80 Å². The molecule has 1 aliphatic rings. The van der Waals surface area contributed by atoms with Crippen LogP contribution in [-0.2, 0) is 5.41 Å². The van der Waals surface area contributed by atoms with Crippen LogP contribution < -0.4 is 9.80 Å². The van der Waals surface area contributed by atoms with Crippen LogP contribution in [0.15, 0.2) is 237 Å². The summed E-state index contributed by atoms with van der Waals surface area (Å²) in [5.74, 6) is 0. The molecule has 0 spiro atoms. The molecule has 3 nitrogen and oxygen atoms in total. The molecule has 304 valence electrons. The maximum absolute atomic E-state index is 2.46. The van der Waals surface area contributed by atoms with Gasteiger partial charge in [-0.1, -0.05) is 153 Å². The van der Waals surface area contributed by atoms with Crippen LogP contribution >= 0.6 is 0 Å². The van der Waals surface area contributed by atoms with E-state index in [1.807, 2.05) is 0 Å². The third-order valence-electron chi connectivity index (χ3n) is 13.3. The first-order valence-corrected chi connectivity index (χ1v) is 22.2. The van der Waals surface area contributed by atoms with Crippen LogP contribution in [0.25, 0.3) is 60.5 Å². The molecule has 1 heterocycles. The fourth-order valence-corrected chi connectivity index (χ4v) is 10.2. The van der Waals surface area contributed by atoms with Crippen molar-refractivity contribution in [3.63, 3.8) is 0 Å². The molecule has 0 N–H and O–H groups in total. The van der Waals surface area contributed by atoms with E-state index in [4.69, 9.17) is 0 Å². The highest BCUT2D eigenvalue weighted by molar-refractivity contribution is 6.21. The van der Waals surface area contributed by atoms with Gasteiger partial charge in [-0.25, -0.2) is 0 Å². The second-order valence-corrected chi connectivity index (χ2v) is 17.4. The second kappa shape index (κ2) is 15.0. The molecule has 0 unspecified atom stereocenters. The van der Waals surface area contributed by atoms with Crippen molar-refractivity contribution >= 4 is 66.7 Å². The standard InChI is InChI=1S/C61H45N3/c1-61(2)56-40-50(35-37-53(56)54-38-36-51(41-57(54)61)64-58-25-15-14-24-55(58)60-52-23-13-12-18-44(52)28-39-59(60)64)63(47-29-26-43(27-30-47)42-16-6-3-7-17-42)49-33-31-48(32-34-49)62(45-19-8-4-9-20-45)46-21-10-5-11-22-46/h3-41H,1-2H3. The van der Waals surface area contributed by atoms with Crippen LogP contribution in [0, 0.1) is 0 Å². The van der Waals surface area contributed by atoms with E-state index in [0.717, 1.165) is 34.1 Å². The molecular formula is C61H45N3. The number of anilines is 6. The van der Waals surface area contributed by atoms with Gasteiger partial charge in [-0.2, -0.15) is 0 Å². The average Bonchev–Trinajstić information content (AvgIpc) is 3.81. The third-order valence-corrected chi connectivity index (χ3v) is 13.3. The molecule has 12 rings (SSSR count). The zero-order chi connectivity index (χ0) is 42.8. The molecule has 1 aromatic heterocycles. The SMILES string of the molecule is CC1(C)c2cc(N(c3ccc(-c4ccccc4)cc3)c3ccc(N(c4ccccc4)c4ccccc4)cc3)ccc2-c2ccc(-n3c4ccccc4c4c5ccccc5ccc43)cc21. The number of fused-ring (bicyclic) bond motifs is 8. The first kappa shape index (κ1) is 37.6. The molecule has 0 radical (unpaired) electrons. The van der Waals surface area contributed by atoms with Crippen molar-refractivity contribution in [3.8, 4) is 27.9 Å². The van der Waals surface area contributed by atoms with Gasteiger partial charge >= 0.3 is 0 Å². The van der Waals surface area contributed by atoms with Gasteiger partial charge in [0.15, 0.2) is 0 Å². The minimum Gasteiger partial charge on any atom is -0.311 e. The first-order chi connectivity index (χ1) is 31.5. The predicted molar refractivity (Wildman–Crippen MR) is 271 cm³/mol. The summed E-state index contributed by atoms with van der Waals surface area (Å²) in [6.07, 6.45) is 0. The van der Waals surface area contributed by atoms with Gasteiger partial charge in [0.2, 0.25) is 0 Å². The molecule has 0 atom stereocenters. The topological polar surface area (TPSA) is 11.4 Å². The lowest BCUT2D eigenvalue weighted by Crippen LogP contribution is -2.17. The first-order valence-electron chi connectivity index (χ1n) is 22.2. The molecule has 0 saturated carbocycles. The van der Waals surface area contributed by atoms with E-state index in [-0.39, 0.29) is 5.41 Å². The Kier molecular flexibility index (Phi) is 8.84. The van der Waals surface area contributed by atoms with Crippen molar-refractivity contribution in [1.29, 1.82) is 0 Å². The minimum absolute atomic E-state index is 0.249. The van der Waals surface area contributed by atoms with E-state index in [0.29, 0.717) is 0 Å². The molecule has 64 heavy (non-hydrogen) atoms. The maximum atomic E-state index is 2.46. The minimum atomic E-state index is -0.249. The number of hydrogen-bond acceptors (Lipinski definition) is 2. The molecule has 0 amide bonds. The fraction of sp³-hybridized carbons (Fsp3) is 0.0492. The fourth-order valence-electron chi connectivity index (χ4n) is 10.2. The molecule has 10 aromatic carbocycles. The summed E-state index contributed by atoms with van der Waals surface area (Å²) in [6.45, 7) is 4.78. The third kappa shape index (κ3) is 6.12. The van der Waals surface area contributed by atoms with Gasteiger partial charge in [0.1, 0.15) is 0 Å². The second-order valence-electron chi connectivity index (χ2n) is 17.4. The average molecular weight is 820 g/mol. The summed E-state index contributed by atoms with van der Waals surface area (Å²) in [5, 5.41) is 5.13. The van der Waals surface area contributed by atoms with E-state index in [1.54, 1.807) is 0 Å². The largest absolute Gasteiger partial charge is 0.311 e. The Hall–Kier alpha value is -8.14. The quantitative estimate of drug-likeness (QED) is 0.151. The highest BCUT2D eigenvalue weighted by atomic mass is 15.2. The number of nitrogens with zero attached hydrogens (tertiary/aromatic N) is 3. The van der Waals surface area contributed by atoms with Gasteiger partial charge in [0.05, 0.1) is 11.0 Å². The van der Waals surface area contributed by atoms with Crippen molar-refractivity contribution < 1.29 is 0 Å². The van der Waals surface area contributed by atoms with Gasteiger partial charge < -0.3 is 14.4 Å². The van der Waals surface area contributed by atoms with Crippen LogP contribution in [-0.4, -0.2) is 4.57 Å². The number of benzene rings is 10. The van der Waals surface area contributed by atoms with E-state index < -0.39 is 0 Å². The summed E-state index contributed by atoms with van der Waals surface area (Å²) in [5.41, 5.74) is 17.7. The van der Waals surface area contributed by atoms with E-state index in [1.165, 1.54) is 71.6 Å². The number of aromatic nitrogens is 1. The zero-order valence-corrected chi connectivity index (χ0v) is 35.9. The van der Waals surface area contributed by atoms with Gasteiger partial charge in [0, 0.05) is 56.0 Å².